The molecule has 1 atom stereocenters. The Labute approximate surface area is 187 Å². The number of pyridine rings is 1. The average molecular weight is 433 g/mol. The molecule has 0 spiro atoms. The Bertz CT molecular complexity index is 1150. The fourth-order valence-corrected chi connectivity index (χ4v) is 3.52. The number of nitrogens with zero attached hydrogens (tertiary/aromatic N) is 3. The summed E-state index contributed by atoms with van der Waals surface area (Å²) in [5.41, 5.74) is 9.09. The van der Waals surface area contributed by atoms with E-state index in [2.05, 4.69) is 25.8 Å². The molecule has 1 fully saturated rings. The second-order valence-corrected chi connectivity index (χ2v) is 9.11. The fraction of sp³-hybridized carbons (Fsp3) is 0.360. The van der Waals surface area contributed by atoms with Gasteiger partial charge in [0.2, 0.25) is 5.88 Å². The molecule has 0 amide bonds. The maximum atomic E-state index is 10.9. The smallest absolute Gasteiger partial charge is 0.218 e. The highest BCUT2D eigenvalue weighted by atomic mass is 16.5. The van der Waals surface area contributed by atoms with Crippen LogP contribution in [0.1, 0.15) is 62.5 Å². The Morgan fingerprint density at radius 2 is 2.06 bits per heavy atom. The first kappa shape index (κ1) is 22.0. The number of aliphatic hydroxyl groups is 1. The van der Waals surface area contributed by atoms with E-state index in [9.17, 15) is 9.90 Å². The molecule has 3 aromatic rings. The van der Waals surface area contributed by atoms with Crippen molar-refractivity contribution in [3.05, 3.63) is 59.4 Å². The molecule has 2 heterocycles. The van der Waals surface area contributed by atoms with E-state index in [0.29, 0.717) is 34.4 Å². The van der Waals surface area contributed by atoms with Gasteiger partial charge in [-0.1, -0.05) is 12.1 Å². The van der Waals surface area contributed by atoms with Crippen LogP contribution in [0, 0.1) is 0 Å². The van der Waals surface area contributed by atoms with Crippen molar-refractivity contribution in [2.75, 3.05) is 6.54 Å². The zero-order chi connectivity index (χ0) is 22.9. The van der Waals surface area contributed by atoms with E-state index in [1.807, 2.05) is 34.9 Å². The first-order valence-corrected chi connectivity index (χ1v) is 10.8. The van der Waals surface area contributed by atoms with E-state index in [-0.39, 0.29) is 12.1 Å². The summed E-state index contributed by atoms with van der Waals surface area (Å²) in [6, 6.07) is 11.1. The Morgan fingerprint density at radius 3 is 2.66 bits per heavy atom. The third kappa shape index (κ3) is 4.65. The van der Waals surface area contributed by atoms with Crippen molar-refractivity contribution < 1.29 is 14.6 Å². The Kier molecular flexibility index (Phi) is 5.98. The number of carbonyl (C=O) groups excluding carboxylic acids is 1. The number of aromatic nitrogens is 3. The number of nitrogens with two attached hydrogens (primary N) is 1. The summed E-state index contributed by atoms with van der Waals surface area (Å²) in [5, 5.41) is 14.8. The van der Waals surface area contributed by atoms with Gasteiger partial charge in [0.05, 0.1) is 23.0 Å². The average Bonchev–Trinajstić information content (AvgIpc) is 3.53. The first-order valence-electron chi connectivity index (χ1n) is 10.8. The van der Waals surface area contributed by atoms with E-state index in [1.165, 1.54) is 6.08 Å². The lowest BCUT2D eigenvalue weighted by atomic mass is 10.0. The molecule has 1 unspecified atom stereocenters. The van der Waals surface area contributed by atoms with Crippen molar-refractivity contribution in [2.24, 2.45) is 5.73 Å². The van der Waals surface area contributed by atoms with Crippen molar-refractivity contribution in [1.82, 2.24) is 14.8 Å². The maximum Gasteiger partial charge on any atom is 0.218 e. The molecule has 0 bridgehead atoms. The van der Waals surface area contributed by atoms with Gasteiger partial charge in [-0.2, -0.15) is 5.10 Å². The van der Waals surface area contributed by atoms with Crippen LogP contribution in [-0.4, -0.2) is 32.4 Å². The summed E-state index contributed by atoms with van der Waals surface area (Å²) in [6.07, 6.45) is 4.52. The highest BCUT2D eigenvalue weighted by Gasteiger charge is 2.30. The molecule has 7 heteroatoms. The number of rotatable bonds is 7. The molecular weight excluding hydrogens is 404 g/mol. The SMILES string of the molecule is CC(C)(C)n1nc(C2CC2)cc1Oc1cc(C=C=O)ccc1-c1ccc(C(O)CN)cn1. The Balaban J connectivity index is 1.76. The van der Waals surface area contributed by atoms with Crippen LogP contribution in [0.3, 0.4) is 0 Å². The molecule has 3 N–H and O–H groups in total. The molecule has 1 aliphatic rings. The fourth-order valence-electron chi connectivity index (χ4n) is 3.52. The van der Waals surface area contributed by atoms with E-state index >= 15 is 0 Å². The topological polar surface area (TPSA) is 103 Å². The summed E-state index contributed by atoms with van der Waals surface area (Å²) < 4.78 is 8.31. The standard InChI is InChI=1S/C25H28N4O3/c1-25(2,3)29-24(13-21(28-29)17-5-6-17)32-23-12-16(10-11-30)4-8-19(23)20-9-7-18(15-27-20)22(31)14-26/h4,7-10,12-13,15,17,22,31H,5-6,14,26H2,1-3H3. The van der Waals surface area contributed by atoms with Crippen LogP contribution in [0.2, 0.25) is 0 Å². The van der Waals surface area contributed by atoms with Crippen molar-refractivity contribution in [1.29, 1.82) is 0 Å². The van der Waals surface area contributed by atoms with Crippen LogP contribution in [0.25, 0.3) is 17.3 Å². The molecule has 2 aromatic heterocycles. The van der Waals surface area contributed by atoms with Crippen molar-refractivity contribution in [3.63, 3.8) is 0 Å². The summed E-state index contributed by atoms with van der Waals surface area (Å²) in [7, 11) is 0. The molecule has 7 nitrogen and oxygen atoms in total. The lowest BCUT2D eigenvalue weighted by molar-refractivity contribution is 0.186. The minimum absolute atomic E-state index is 0.127. The van der Waals surface area contributed by atoms with Gasteiger partial charge in [-0.15, -0.1) is 0 Å². The monoisotopic (exact) mass is 432 g/mol. The molecule has 166 valence electrons. The van der Waals surface area contributed by atoms with Gasteiger partial charge >= 0.3 is 0 Å². The van der Waals surface area contributed by atoms with Gasteiger partial charge in [-0.3, -0.25) is 4.98 Å². The largest absolute Gasteiger partial charge is 0.439 e. The third-order valence-electron chi connectivity index (χ3n) is 5.44. The highest BCUT2D eigenvalue weighted by Crippen LogP contribution is 2.43. The molecule has 4 rings (SSSR count). The number of benzene rings is 1. The van der Waals surface area contributed by atoms with Gasteiger partial charge in [0, 0.05) is 41.9 Å². The molecule has 1 aliphatic carbocycles. The zero-order valence-electron chi connectivity index (χ0n) is 18.6. The number of hydrogen-bond donors (Lipinski definition) is 2. The lowest BCUT2D eigenvalue weighted by Crippen LogP contribution is -2.23. The van der Waals surface area contributed by atoms with Gasteiger partial charge in [-0.05, 0) is 57.4 Å². The predicted octanol–water partition coefficient (Wildman–Crippen LogP) is 4.21. The van der Waals surface area contributed by atoms with Crippen LogP contribution in [0.15, 0.2) is 42.6 Å². The zero-order valence-corrected chi connectivity index (χ0v) is 18.6. The van der Waals surface area contributed by atoms with Crippen LogP contribution in [0.4, 0.5) is 0 Å². The lowest BCUT2D eigenvalue weighted by Gasteiger charge is -2.22. The van der Waals surface area contributed by atoms with E-state index < -0.39 is 6.10 Å². The summed E-state index contributed by atoms with van der Waals surface area (Å²) in [6.45, 7) is 6.37. The van der Waals surface area contributed by atoms with Gasteiger partial charge in [-0.25, -0.2) is 9.48 Å². The van der Waals surface area contributed by atoms with Gasteiger partial charge in [0.25, 0.3) is 0 Å². The third-order valence-corrected chi connectivity index (χ3v) is 5.44. The Morgan fingerprint density at radius 1 is 1.28 bits per heavy atom. The van der Waals surface area contributed by atoms with Crippen LogP contribution in [-0.2, 0) is 10.3 Å². The van der Waals surface area contributed by atoms with Gasteiger partial charge in [0.1, 0.15) is 11.7 Å². The normalized spacial score (nSPS) is 14.7. The number of aliphatic hydroxyl groups excluding tert-OH is 1. The first-order chi connectivity index (χ1) is 15.3. The Hall–Kier alpha value is -3.25. The molecule has 1 saturated carbocycles. The second-order valence-electron chi connectivity index (χ2n) is 9.11. The second kappa shape index (κ2) is 8.71. The predicted molar refractivity (Wildman–Crippen MR) is 123 cm³/mol. The highest BCUT2D eigenvalue weighted by molar-refractivity contribution is 5.78. The molecular formula is C25H28N4O3. The van der Waals surface area contributed by atoms with E-state index in [0.717, 1.165) is 24.1 Å². The van der Waals surface area contributed by atoms with Crippen LogP contribution < -0.4 is 10.5 Å². The molecule has 32 heavy (non-hydrogen) atoms. The van der Waals surface area contributed by atoms with Crippen molar-refractivity contribution in [3.8, 4) is 22.9 Å². The van der Waals surface area contributed by atoms with Gasteiger partial charge < -0.3 is 15.6 Å². The summed E-state index contributed by atoms with van der Waals surface area (Å²) in [5.74, 6) is 3.51. The number of ether oxygens (including phenoxy) is 1. The molecule has 0 radical (unpaired) electrons. The van der Waals surface area contributed by atoms with Gasteiger partial charge in [0.15, 0.2) is 0 Å². The minimum Gasteiger partial charge on any atom is -0.439 e. The summed E-state index contributed by atoms with van der Waals surface area (Å²) in [4.78, 5) is 15.4. The van der Waals surface area contributed by atoms with E-state index in [1.54, 1.807) is 18.3 Å². The van der Waals surface area contributed by atoms with Crippen LogP contribution >= 0.6 is 0 Å². The minimum atomic E-state index is -0.755. The van der Waals surface area contributed by atoms with Crippen LogP contribution in [0.5, 0.6) is 11.6 Å². The number of hydrogen-bond acceptors (Lipinski definition) is 6. The van der Waals surface area contributed by atoms with Crippen molar-refractivity contribution >= 4 is 12.0 Å². The molecule has 0 aliphatic heterocycles. The van der Waals surface area contributed by atoms with Crippen molar-refractivity contribution in [2.45, 2.75) is 51.2 Å². The quantitative estimate of drug-likeness (QED) is 0.542. The maximum absolute atomic E-state index is 10.9. The molecule has 0 saturated heterocycles. The van der Waals surface area contributed by atoms with E-state index in [4.69, 9.17) is 15.6 Å². The summed E-state index contributed by atoms with van der Waals surface area (Å²) >= 11 is 0. The molecule has 1 aromatic carbocycles.